The molecule has 0 radical (unpaired) electrons. The van der Waals surface area contributed by atoms with Gasteiger partial charge in [0.25, 0.3) is 5.91 Å². The average molecular weight is 339 g/mol. The van der Waals surface area contributed by atoms with E-state index in [2.05, 4.69) is 4.98 Å². The predicted octanol–water partition coefficient (Wildman–Crippen LogP) is 1.64. The number of aryl methyl sites for hydroxylation is 1. The number of aromatic nitrogens is 1. The Labute approximate surface area is 146 Å². The summed E-state index contributed by atoms with van der Waals surface area (Å²) in [5.74, 6) is -0.341. The van der Waals surface area contributed by atoms with Crippen molar-refractivity contribution in [2.24, 2.45) is 17.6 Å². The number of primary amides is 1. The Kier molecular flexibility index (Phi) is 4.97. The molecule has 6 nitrogen and oxygen atoms in total. The molecule has 2 aromatic rings. The Morgan fingerprint density at radius 2 is 2.00 bits per heavy atom. The summed E-state index contributed by atoms with van der Waals surface area (Å²) in [6.45, 7) is 2.97. The Hall–Kier alpha value is -2.89. The summed E-state index contributed by atoms with van der Waals surface area (Å²) in [6.07, 6.45) is 3.24. The highest BCUT2D eigenvalue weighted by Crippen LogP contribution is 2.26. The topological polar surface area (TPSA) is 85.5 Å². The highest BCUT2D eigenvalue weighted by Gasteiger charge is 2.39. The summed E-state index contributed by atoms with van der Waals surface area (Å²) in [5.41, 5.74) is 6.98. The summed E-state index contributed by atoms with van der Waals surface area (Å²) >= 11 is 0. The van der Waals surface area contributed by atoms with E-state index in [1.807, 2.05) is 37.3 Å². The van der Waals surface area contributed by atoms with E-state index in [0.29, 0.717) is 25.3 Å². The van der Waals surface area contributed by atoms with Crippen LogP contribution in [0.3, 0.4) is 0 Å². The van der Waals surface area contributed by atoms with Crippen LogP contribution < -0.4 is 10.5 Å². The summed E-state index contributed by atoms with van der Waals surface area (Å²) in [5, 5.41) is 0. The molecule has 2 atom stereocenters. The second kappa shape index (κ2) is 7.34. The first-order chi connectivity index (χ1) is 12.0. The van der Waals surface area contributed by atoms with Crippen LogP contribution in [0.15, 0.2) is 48.8 Å². The smallest absolute Gasteiger partial charge is 0.255 e. The maximum atomic E-state index is 12.7. The van der Waals surface area contributed by atoms with Gasteiger partial charge in [-0.05, 0) is 30.7 Å². The summed E-state index contributed by atoms with van der Waals surface area (Å²) in [4.78, 5) is 30.2. The first-order valence-electron chi connectivity index (χ1n) is 8.22. The number of ether oxygens (including phenoxy) is 1. The maximum Gasteiger partial charge on any atom is 0.255 e. The summed E-state index contributed by atoms with van der Waals surface area (Å²) in [7, 11) is 0. The van der Waals surface area contributed by atoms with E-state index in [9.17, 15) is 9.59 Å². The van der Waals surface area contributed by atoms with Crippen LogP contribution in [-0.2, 0) is 4.79 Å². The lowest BCUT2D eigenvalue weighted by Gasteiger charge is -2.17. The van der Waals surface area contributed by atoms with Crippen LogP contribution in [-0.4, -0.2) is 41.4 Å². The fraction of sp³-hybridized carbons (Fsp3) is 0.316. The van der Waals surface area contributed by atoms with Gasteiger partial charge in [-0.15, -0.1) is 0 Å². The number of likely N-dealkylation sites (tertiary alicyclic amines) is 1. The Balaban J connectivity index is 1.69. The van der Waals surface area contributed by atoms with E-state index >= 15 is 0 Å². The molecule has 25 heavy (non-hydrogen) atoms. The molecular weight excluding hydrogens is 318 g/mol. The molecule has 0 aliphatic carbocycles. The van der Waals surface area contributed by atoms with Gasteiger partial charge in [0.15, 0.2) is 0 Å². The number of amides is 2. The minimum atomic E-state index is -0.412. The van der Waals surface area contributed by atoms with Crippen LogP contribution >= 0.6 is 0 Å². The van der Waals surface area contributed by atoms with E-state index in [1.54, 1.807) is 23.4 Å². The molecular formula is C19H21N3O3. The van der Waals surface area contributed by atoms with Gasteiger partial charge in [0.2, 0.25) is 5.91 Å². The minimum Gasteiger partial charge on any atom is -0.493 e. The molecule has 1 aliphatic heterocycles. The monoisotopic (exact) mass is 339 g/mol. The van der Waals surface area contributed by atoms with Gasteiger partial charge in [-0.25, -0.2) is 0 Å². The minimum absolute atomic E-state index is 0.126. The molecule has 2 heterocycles. The number of para-hydroxylation sites is 1. The van der Waals surface area contributed by atoms with Gasteiger partial charge >= 0.3 is 0 Å². The number of hydrogen-bond donors (Lipinski definition) is 1. The van der Waals surface area contributed by atoms with Gasteiger partial charge in [0.05, 0.1) is 18.1 Å². The number of nitrogens with zero attached hydrogens (tertiary/aromatic N) is 2. The molecule has 1 aromatic heterocycles. The molecule has 2 N–H and O–H groups in total. The van der Waals surface area contributed by atoms with Crippen LogP contribution in [0.2, 0.25) is 0 Å². The van der Waals surface area contributed by atoms with Crippen LogP contribution in [0, 0.1) is 18.8 Å². The van der Waals surface area contributed by atoms with E-state index in [1.165, 1.54) is 0 Å². The fourth-order valence-electron chi connectivity index (χ4n) is 3.10. The normalized spacial score (nSPS) is 19.6. The van der Waals surface area contributed by atoms with Gasteiger partial charge in [-0.3, -0.25) is 14.6 Å². The lowest BCUT2D eigenvalue weighted by atomic mass is 9.96. The molecule has 3 rings (SSSR count). The lowest BCUT2D eigenvalue weighted by molar-refractivity contribution is -0.122. The standard InChI is InChI=1S/C19H21N3O3/c1-13-7-14(9-21-8-13)19(24)22-10-15(17(11-22)18(20)23)12-25-16-5-3-2-4-6-16/h2-9,15,17H,10-12H2,1H3,(H2,20,23)/t15-,17+/m0/s1. The Morgan fingerprint density at radius 3 is 2.68 bits per heavy atom. The number of hydrogen-bond acceptors (Lipinski definition) is 4. The zero-order valence-corrected chi connectivity index (χ0v) is 14.1. The Bertz CT molecular complexity index is 764. The zero-order chi connectivity index (χ0) is 17.8. The molecule has 1 aliphatic rings. The fourth-order valence-corrected chi connectivity index (χ4v) is 3.10. The number of pyridine rings is 1. The van der Waals surface area contributed by atoms with Crippen molar-refractivity contribution in [1.82, 2.24) is 9.88 Å². The first kappa shape index (κ1) is 17.0. The molecule has 0 saturated carbocycles. The van der Waals surface area contributed by atoms with Crippen molar-refractivity contribution < 1.29 is 14.3 Å². The largest absolute Gasteiger partial charge is 0.493 e. The number of carbonyl (C=O) groups is 2. The molecule has 6 heteroatoms. The third kappa shape index (κ3) is 3.96. The quantitative estimate of drug-likeness (QED) is 0.897. The highest BCUT2D eigenvalue weighted by atomic mass is 16.5. The van der Waals surface area contributed by atoms with Crippen LogP contribution in [0.4, 0.5) is 0 Å². The molecule has 1 saturated heterocycles. The zero-order valence-electron chi connectivity index (χ0n) is 14.1. The van der Waals surface area contributed by atoms with Gasteiger partial charge in [-0.2, -0.15) is 0 Å². The lowest BCUT2D eigenvalue weighted by Crippen LogP contribution is -2.32. The van der Waals surface area contributed by atoms with E-state index in [-0.39, 0.29) is 11.8 Å². The number of rotatable bonds is 5. The summed E-state index contributed by atoms with van der Waals surface area (Å²) in [6, 6.07) is 11.2. The highest BCUT2D eigenvalue weighted by molar-refractivity contribution is 5.94. The van der Waals surface area contributed by atoms with Crippen molar-refractivity contribution in [3.05, 3.63) is 59.9 Å². The summed E-state index contributed by atoms with van der Waals surface area (Å²) < 4.78 is 5.77. The van der Waals surface area contributed by atoms with Crippen molar-refractivity contribution in [2.75, 3.05) is 19.7 Å². The third-order valence-electron chi connectivity index (χ3n) is 4.42. The third-order valence-corrected chi connectivity index (χ3v) is 4.42. The molecule has 2 amide bonds. The predicted molar refractivity (Wildman–Crippen MR) is 93.0 cm³/mol. The van der Waals surface area contributed by atoms with Crippen molar-refractivity contribution in [3.8, 4) is 5.75 Å². The van der Waals surface area contributed by atoms with Crippen molar-refractivity contribution in [2.45, 2.75) is 6.92 Å². The van der Waals surface area contributed by atoms with Crippen molar-refractivity contribution in [1.29, 1.82) is 0 Å². The molecule has 130 valence electrons. The SMILES string of the molecule is Cc1cncc(C(=O)N2C[C@@H](COc3ccccc3)[C@H](C(N)=O)C2)c1. The molecule has 0 bridgehead atoms. The van der Waals surface area contributed by atoms with Crippen LogP contribution in [0.5, 0.6) is 5.75 Å². The molecule has 1 aromatic carbocycles. The van der Waals surface area contributed by atoms with Gasteiger partial charge in [-0.1, -0.05) is 18.2 Å². The van der Waals surface area contributed by atoms with Gasteiger partial charge in [0, 0.05) is 31.4 Å². The van der Waals surface area contributed by atoms with Crippen LogP contribution in [0.25, 0.3) is 0 Å². The number of nitrogens with two attached hydrogens (primary N) is 1. The maximum absolute atomic E-state index is 12.7. The molecule has 0 spiro atoms. The van der Waals surface area contributed by atoms with Crippen molar-refractivity contribution >= 4 is 11.8 Å². The Morgan fingerprint density at radius 1 is 1.24 bits per heavy atom. The van der Waals surface area contributed by atoms with E-state index < -0.39 is 11.8 Å². The second-order valence-electron chi connectivity index (χ2n) is 6.35. The molecule has 0 unspecified atom stereocenters. The second-order valence-corrected chi connectivity index (χ2v) is 6.35. The van der Waals surface area contributed by atoms with Crippen LogP contribution in [0.1, 0.15) is 15.9 Å². The first-order valence-corrected chi connectivity index (χ1v) is 8.22. The number of carbonyl (C=O) groups excluding carboxylic acids is 2. The average Bonchev–Trinajstić information content (AvgIpc) is 3.05. The van der Waals surface area contributed by atoms with Gasteiger partial charge < -0.3 is 15.4 Å². The van der Waals surface area contributed by atoms with Crippen molar-refractivity contribution in [3.63, 3.8) is 0 Å². The van der Waals surface area contributed by atoms with E-state index in [4.69, 9.17) is 10.5 Å². The molecule has 1 fully saturated rings. The number of benzene rings is 1. The van der Waals surface area contributed by atoms with Gasteiger partial charge in [0.1, 0.15) is 5.75 Å². The van der Waals surface area contributed by atoms with E-state index in [0.717, 1.165) is 11.3 Å².